The van der Waals surface area contributed by atoms with E-state index in [2.05, 4.69) is 31.0 Å². The van der Waals surface area contributed by atoms with E-state index in [1.165, 1.54) is 58.4 Å². The van der Waals surface area contributed by atoms with Gasteiger partial charge in [-0.3, -0.25) is 0 Å². The molecule has 0 aliphatic carbocycles. The Bertz CT molecular complexity index is 231. The maximum absolute atomic E-state index is 3.58. The van der Waals surface area contributed by atoms with Gasteiger partial charge in [0.2, 0.25) is 0 Å². The smallest absolute Gasteiger partial charge is 0.00532 e. The molecule has 2 heteroatoms. The molecule has 2 aliphatic heterocycles. The summed E-state index contributed by atoms with van der Waals surface area (Å²) in [5.74, 6) is 1.77. The first-order valence-corrected chi connectivity index (χ1v) is 7.59. The molecule has 2 aliphatic rings. The molecule has 0 amide bonds. The second kappa shape index (κ2) is 5.71. The highest BCUT2D eigenvalue weighted by Crippen LogP contribution is 2.36. The van der Waals surface area contributed by atoms with Gasteiger partial charge in [0, 0.05) is 19.6 Å². The molecular weight excluding hydrogens is 208 g/mol. The van der Waals surface area contributed by atoms with E-state index in [1.54, 1.807) is 0 Å². The lowest BCUT2D eigenvalue weighted by Gasteiger charge is -2.41. The predicted octanol–water partition coefficient (Wildman–Crippen LogP) is 2.74. The van der Waals surface area contributed by atoms with Gasteiger partial charge in [-0.2, -0.15) is 0 Å². The van der Waals surface area contributed by atoms with E-state index < -0.39 is 0 Å². The summed E-state index contributed by atoms with van der Waals surface area (Å²) in [4.78, 5) is 2.75. The van der Waals surface area contributed by atoms with Crippen LogP contribution in [0.15, 0.2) is 0 Å². The van der Waals surface area contributed by atoms with Crippen molar-refractivity contribution in [3.63, 3.8) is 0 Å². The van der Waals surface area contributed by atoms with Gasteiger partial charge in [-0.15, -0.1) is 0 Å². The Morgan fingerprint density at radius 3 is 2.82 bits per heavy atom. The fraction of sp³-hybridized carbons (Fsp3) is 1.00. The Labute approximate surface area is 107 Å². The molecular formula is C15H30N2. The van der Waals surface area contributed by atoms with Gasteiger partial charge in [0.15, 0.2) is 0 Å². The zero-order valence-electron chi connectivity index (χ0n) is 12.0. The molecule has 0 aromatic carbocycles. The van der Waals surface area contributed by atoms with Crippen LogP contribution in [0.1, 0.15) is 46.5 Å². The van der Waals surface area contributed by atoms with Crippen molar-refractivity contribution in [3.05, 3.63) is 0 Å². The molecule has 2 saturated heterocycles. The van der Waals surface area contributed by atoms with Crippen LogP contribution in [0.25, 0.3) is 0 Å². The summed E-state index contributed by atoms with van der Waals surface area (Å²) in [7, 11) is 0. The molecule has 100 valence electrons. The van der Waals surface area contributed by atoms with E-state index in [0.717, 1.165) is 11.8 Å². The lowest BCUT2D eigenvalue weighted by molar-refractivity contribution is 0.0815. The van der Waals surface area contributed by atoms with Crippen molar-refractivity contribution in [2.24, 2.45) is 17.3 Å². The monoisotopic (exact) mass is 238 g/mol. The molecule has 2 fully saturated rings. The van der Waals surface area contributed by atoms with E-state index in [-0.39, 0.29) is 0 Å². The molecule has 2 rings (SSSR count). The largest absolute Gasteiger partial charge is 0.316 e. The van der Waals surface area contributed by atoms with Gasteiger partial charge in [-0.1, -0.05) is 27.2 Å². The number of hydrogen-bond acceptors (Lipinski definition) is 2. The summed E-state index contributed by atoms with van der Waals surface area (Å²) in [5.41, 5.74) is 0.551. The summed E-state index contributed by atoms with van der Waals surface area (Å²) < 4.78 is 0. The zero-order valence-corrected chi connectivity index (χ0v) is 12.0. The quantitative estimate of drug-likeness (QED) is 0.810. The maximum atomic E-state index is 3.58. The minimum Gasteiger partial charge on any atom is -0.316 e. The lowest BCUT2D eigenvalue weighted by atomic mass is 9.75. The highest BCUT2D eigenvalue weighted by molar-refractivity contribution is 4.93. The van der Waals surface area contributed by atoms with Crippen molar-refractivity contribution in [2.75, 3.05) is 32.7 Å². The third kappa shape index (κ3) is 3.03. The Morgan fingerprint density at radius 1 is 1.41 bits per heavy atom. The summed E-state index contributed by atoms with van der Waals surface area (Å²) in [6.45, 7) is 13.7. The van der Waals surface area contributed by atoms with Gasteiger partial charge in [0.25, 0.3) is 0 Å². The Kier molecular flexibility index (Phi) is 4.48. The second-order valence-corrected chi connectivity index (χ2v) is 6.60. The van der Waals surface area contributed by atoms with Crippen LogP contribution >= 0.6 is 0 Å². The van der Waals surface area contributed by atoms with Gasteiger partial charge in [-0.05, 0) is 49.6 Å². The first-order valence-electron chi connectivity index (χ1n) is 7.59. The Morgan fingerprint density at radius 2 is 2.24 bits per heavy atom. The van der Waals surface area contributed by atoms with Crippen molar-refractivity contribution in [1.29, 1.82) is 0 Å². The number of nitrogens with zero attached hydrogens (tertiary/aromatic N) is 1. The molecule has 2 unspecified atom stereocenters. The number of piperidine rings is 1. The number of rotatable bonds is 4. The molecule has 2 atom stereocenters. The van der Waals surface area contributed by atoms with E-state index in [4.69, 9.17) is 0 Å². The van der Waals surface area contributed by atoms with E-state index >= 15 is 0 Å². The third-order valence-electron chi connectivity index (χ3n) is 5.22. The maximum Gasteiger partial charge on any atom is 0.00532 e. The number of nitrogens with one attached hydrogen (secondary N) is 1. The van der Waals surface area contributed by atoms with Crippen molar-refractivity contribution in [3.8, 4) is 0 Å². The first kappa shape index (κ1) is 13.4. The van der Waals surface area contributed by atoms with E-state index in [9.17, 15) is 0 Å². The molecule has 0 saturated carbocycles. The molecule has 0 aromatic heterocycles. The molecule has 2 nitrogen and oxygen atoms in total. The highest BCUT2D eigenvalue weighted by Gasteiger charge is 2.38. The molecule has 0 spiro atoms. The number of likely N-dealkylation sites (tertiary alicyclic amines) is 1. The van der Waals surface area contributed by atoms with Gasteiger partial charge in [0.1, 0.15) is 0 Å². The third-order valence-corrected chi connectivity index (χ3v) is 5.22. The molecule has 0 radical (unpaired) electrons. The van der Waals surface area contributed by atoms with Crippen LogP contribution < -0.4 is 5.32 Å². The minimum atomic E-state index is 0.551. The molecule has 0 aromatic rings. The van der Waals surface area contributed by atoms with Crippen molar-refractivity contribution >= 4 is 0 Å². The lowest BCUT2D eigenvalue weighted by Crippen LogP contribution is -2.46. The van der Waals surface area contributed by atoms with Crippen LogP contribution in [0.5, 0.6) is 0 Å². The normalized spacial score (nSPS) is 35.6. The summed E-state index contributed by atoms with van der Waals surface area (Å²) in [6.07, 6.45) is 5.61. The molecule has 2 heterocycles. The fourth-order valence-electron chi connectivity index (χ4n) is 3.65. The van der Waals surface area contributed by atoms with Gasteiger partial charge < -0.3 is 10.2 Å². The van der Waals surface area contributed by atoms with Crippen LogP contribution in [0.4, 0.5) is 0 Å². The average molecular weight is 238 g/mol. The highest BCUT2D eigenvalue weighted by atomic mass is 15.1. The average Bonchev–Trinajstić information content (AvgIpc) is 2.79. The van der Waals surface area contributed by atoms with E-state index in [1.807, 2.05) is 0 Å². The summed E-state index contributed by atoms with van der Waals surface area (Å²) >= 11 is 0. The van der Waals surface area contributed by atoms with Gasteiger partial charge in [0.05, 0.1) is 0 Å². The van der Waals surface area contributed by atoms with Crippen molar-refractivity contribution in [1.82, 2.24) is 10.2 Å². The van der Waals surface area contributed by atoms with Crippen LogP contribution in [-0.4, -0.2) is 37.6 Å². The fourth-order valence-corrected chi connectivity index (χ4v) is 3.65. The predicted molar refractivity (Wildman–Crippen MR) is 74.2 cm³/mol. The first-order chi connectivity index (χ1) is 8.16. The molecule has 17 heavy (non-hydrogen) atoms. The number of hydrogen-bond donors (Lipinski definition) is 1. The Hall–Kier alpha value is -0.0800. The second-order valence-electron chi connectivity index (χ2n) is 6.60. The van der Waals surface area contributed by atoms with Crippen molar-refractivity contribution < 1.29 is 0 Å². The van der Waals surface area contributed by atoms with Crippen LogP contribution in [0, 0.1) is 17.3 Å². The standard InChI is InChI=1S/C15H30N2/c1-4-14-6-5-9-17(10-14)12-15(13(2)3)7-8-16-11-15/h13-14,16H,4-12H2,1-3H3. The van der Waals surface area contributed by atoms with Crippen molar-refractivity contribution in [2.45, 2.75) is 46.5 Å². The summed E-state index contributed by atoms with van der Waals surface area (Å²) in [5, 5.41) is 3.58. The van der Waals surface area contributed by atoms with Crippen LogP contribution in [0.2, 0.25) is 0 Å². The van der Waals surface area contributed by atoms with Gasteiger partial charge >= 0.3 is 0 Å². The Balaban J connectivity index is 1.93. The topological polar surface area (TPSA) is 15.3 Å². The summed E-state index contributed by atoms with van der Waals surface area (Å²) in [6, 6.07) is 0. The van der Waals surface area contributed by atoms with E-state index in [0.29, 0.717) is 5.41 Å². The van der Waals surface area contributed by atoms with Gasteiger partial charge in [-0.25, -0.2) is 0 Å². The van der Waals surface area contributed by atoms with Crippen LogP contribution in [-0.2, 0) is 0 Å². The minimum absolute atomic E-state index is 0.551. The molecule has 1 N–H and O–H groups in total. The SMILES string of the molecule is CCC1CCCN(CC2(C(C)C)CCNC2)C1. The molecule has 0 bridgehead atoms. The van der Waals surface area contributed by atoms with Crippen LogP contribution in [0.3, 0.4) is 0 Å². The zero-order chi connectivity index (χ0) is 12.3.